The molecule has 1 amide bonds. The average molecular weight is 294 g/mol. The number of nitrogen functional groups attached to an aromatic ring is 1. The molecule has 3 N–H and O–H groups in total. The van der Waals surface area contributed by atoms with Crippen molar-refractivity contribution in [2.24, 2.45) is 17.8 Å². The molecular formula is C14H22N4O3. The molecule has 0 aliphatic carbocycles. The molecule has 0 aliphatic heterocycles. The molecule has 21 heavy (non-hydrogen) atoms. The molecule has 1 rings (SSSR count). The highest BCUT2D eigenvalue weighted by Gasteiger charge is 2.21. The monoisotopic (exact) mass is 294 g/mol. The molecule has 0 atom stereocenters. The number of nitro groups is 1. The molecule has 1 aromatic rings. The number of nitrogens with two attached hydrogens (primary N) is 1. The van der Waals surface area contributed by atoms with E-state index in [1.54, 1.807) is 0 Å². The van der Waals surface area contributed by atoms with Crippen LogP contribution >= 0.6 is 0 Å². The van der Waals surface area contributed by atoms with Gasteiger partial charge >= 0.3 is 0 Å². The number of anilines is 1. The lowest BCUT2D eigenvalue weighted by atomic mass is 9.85. The average Bonchev–Trinajstić information content (AvgIpc) is 2.37. The van der Waals surface area contributed by atoms with Gasteiger partial charge in [-0.15, -0.1) is 0 Å². The van der Waals surface area contributed by atoms with Crippen LogP contribution in [0, 0.1) is 27.9 Å². The molecule has 1 heterocycles. The standard InChI is InChI=1S/C14H22N4O3/c1-8(2)12(9(3)4)7-17-14(19)11-5-10(18(20)21)6-16-13(11)15/h5-6,8-9,12H,7H2,1-4H3,(H2,15,16)(H,17,19). The van der Waals surface area contributed by atoms with Gasteiger partial charge in [-0.3, -0.25) is 14.9 Å². The zero-order valence-corrected chi connectivity index (χ0v) is 12.8. The first-order valence-electron chi connectivity index (χ1n) is 6.92. The van der Waals surface area contributed by atoms with E-state index in [-0.39, 0.29) is 17.1 Å². The first-order chi connectivity index (χ1) is 9.73. The zero-order chi connectivity index (χ0) is 16.2. The lowest BCUT2D eigenvalue weighted by Gasteiger charge is -2.25. The minimum Gasteiger partial charge on any atom is -0.383 e. The summed E-state index contributed by atoms with van der Waals surface area (Å²) in [7, 11) is 0. The minimum absolute atomic E-state index is 0.0104. The van der Waals surface area contributed by atoms with Gasteiger partial charge in [0.1, 0.15) is 12.0 Å². The third-order valence-corrected chi connectivity index (χ3v) is 3.57. The third-order valence-electron chi connectivity index (χ3n) is 3.57. The van der Waals surface area contributed by atoms with Crippen molar-refractivity contribution < 1.29 is 9.72 Å². The Bertz CT molecular complexity index is 521. The Morgan fingerprint density at radius 1 is 1.38 bits per heavy atom. The van der Waals surface area contributed by atoms with Gasteiger partial charge in [-0.2, -0.15) is 0 Å². The highest BCUT2D eigenvalue weighted by molar-refractivity contribution is 5.98. The highest BCUT2D eigenvalue weighted by atomic mass is 16.6. The van der Waals surface area contributed by atoms with Crippen molar-refractivity contribution in [3.63, 3.8) is 0 Å². The first-order valence-corrected chi connectivity index (χ1v) is 6.92. The van der Waals surface area contributed by atoms with Gasteiger partial charge in [0.25, 0.3) is 11.6 Å². The molecule has 116 valence electrons. The fraction of sp³-hybridized carbons (Fsp3) is 0.571. The molecule has 0 radical (unpaired) electrons. The summed E-state index contributed by atoms with van der Waals surface area (Å²) in [6.45, 7) is 8.89. The van der Waals surface area contributed by atoms with Crippen LogP contribution in [-0.4, -0.2) is 22.4 Å². The number of pyridine rings is 1. The molecule has 0 saturated carbocycles. The Hall–Kier alpha value is -2.18. The number of amides is 1. The Kier molecular flexibility index (Phi) is 5.63. The van der Waals surface area contributed by atoms with Gasteiger partial charge in [0, 0.05) is 12.6 Å². The molecule has 0 bridgehead atoms. The zero-order valence-electron chi connectivity index (χ0n) is 12.8. The van der Waals surface area contributed by atoms with Gasteiger partial charge in [-0.1, -0.05) is 27.7 Å². The number of rotatable bonds is 6. The fourth-order valence-corrected chi connectivity index (χ4v) is 2.29. The van der Waals surface area contributed by atoms with E-state index in [9.17, 15) is 14.9 Å². The molecule has 7 heteroatoms. The van der Waals surface area contributed by atoms with Crippen molar-refractivity contribution in [3.8, 4) is 0 Å². The maximum atomic E-state index is 12.1. The summed E-state index contributed by atoms with van der Waals surface area (Å²) in [4.78, 5) is 26.0. The van der Waals surface area contributed by atoms with Crippen LogP contribution in [0.5, 0.6) is 0 Å². The van der Waals surface area contributed by atoms with Crippen LogP contribution in [0.25, 0.3) is 0 Å². The van der Waals surface area contributed by atoms with Crippen LogP contribution < -0.4 is 11.1 Å². The molecule has 0 aromatic carbocycles. The topological polar surface area (TPSA) is 111 Å². The molecule has 0 fully saturated rings. The molecule has 0 saturated heterocycles. The summed E-state index contributed by atoms with van der Waals surface area (Å²) in [5, 5.41) is 13.5. The Morgan fingerprint density at radius 3 is 2.43 bits per heavy atom. The second kappa shape index (κ2) is 7.01. The predicted molar refractivity (Wildman–Crippen MR) is 80.8 cm³/mol. The van der Waals surface area contributed by atoms with Gasteiger partial charge in [0.05, 0.1) is 10.5 Å². The van der Waals surface area contributed by atoms with Gasteiger partial charge in [-0.05, 0) is 17.8 Å². The smallest absolute Gasteiger partial charge is 0.288 e. The van der Waals surface area contributed by atoms with Crippen molar-refractivity contribution in [2.75, 3.05) is 12.3 Å². The van der Waals surface area contributed by atoms with Crippen molar-refractivity contribution in [3.05, 3.63) is 27.9 Å². The number of nitrogens with zero attached hydrogens (tertiary/aromatic N) is 2. The number of hydrogen-bond donors (Lipinski definition) is 2. The third kappa shape index (κ3) is 4.40. The summed E-state index contributed by atoms with van der Waals surface area (Å²) in [6.07, 6.45) is 1.04. The second-order valence-electron chi connectivity index (χ2n) is 5.75. The van der Waals surface area contributed by atoms with E-state index in [1.807, 2.05) is 0 Å². The minimum atomic E-state index is -0.603. The van der Waals surface area contributed by atoms with Crippen LogP contribution in [0.3, 0.4) is 0 Å². The van der Waals surface area contributed by atoms with Crippen molar-refractivity contribution in [1.29, 1.82) is 0 Å². The Balaban J connectivity index is 2.84. The van der Waals surface area contributed by atoms with Crippen LogP contribution in [0.15, 0.2) is 12.3 Å². The summed E-state index contributed by atoms with van der Waals surface area (Å²) in [5.41, 5.74) is 5.41. The van der Waals surface area contributed by atoms with Gasteiger partial charge < -0.3 is 11.1 Å². The maximum absolute atomic E-state index is 12.1. The van der Waals surface area contributed by atoms with Gasteiger partial charge in [-0.25, -0.2) is 4.98 Å². The van der Waals surface area contributed by atoms with Crippen molar-refractivity contribution in [1.82, 2.24) is 10.3 Å². The summed E-state index contributed by atoms with van der Waals surface area (Å²) < 4.78 is 0. The number of carbonyl (C=O) groups is 1. The molecule has 0 spiro atoms. The van der Waals surface area contributed by atoms with E-state index in [4.69, 9.17) is 5.73 Å². The number of carbonyl (C=O) groups excluding carboxylic acids is 1. The van der Waals surface area contributed by atoms with E-state index < -0.39 is 10.8 Å². The maximum Gasteiger partial charge on any atom is 0.288 e. The van der Waals surface area contributed by atoms with Gasteiger partial charge in [0.15, 0.2) is 0 Å². The van der Waals surface area contributed by atoms with E-state index in [0.29, 0.717) is 24.3 Å². The van der Waals surface area contributed by atoms with E-state index in [0.717, 1.165) is 12.3 Å². The summed E-state index contributed by atoms with van der Waals surface area (Å²) in [6, 6.07) is 1.15. The van der Waals surface area contributed by atoms with Crippen molar-refractivity contribution in [2.45, 2.75) is 27.7 Å². The SMILES string of the molecule is CC(C)C(CNC(=O)c1cc([N+](=O)[O-])cnc1N)C(C)C. The van der Waals surface area contributed by atoms with Crippen LogP contribution in [-0.2, 0) is 0 Å². The lowest BCUT2D eigenvalue weighted by molar-refractivity contribution is -0.385. The first kappa shape index (κ1) is 16.9. The highest BCUT2D eigenvalue weighted by Crippen LogP contribution is 2.20. The van der Waals surface area contributed by atoms with Crippen LogP contribution in [0.1, 0.15) is 38.1 Å². The quantitative estimate of drug-likeness (QED) is 0.617. The number of nitrogens with one attached hydrogen (secondary N) is 1. The molecule has 1 aromatic heterocycles. The summed E-state index contributed by atoms with van der Waals surface area (Å²) >= 11 is 0. The number of hydrogen-bond acceptors (Lipinski definition) is 5. The Labute approximate surface area is 124 Å². The molecule has 0 aliphatic rings. The molecule has 7 nitrogen and oxygen atoms in total. The molecule has 0 unspecified atom stereocenters. The van der Waals surface area contributed by atoms with Gasteiger partial charge in [0.2, 0.25) is 0 Å². The fourth-order valence-electron chi connectivity index (χ4n) is 2.29. The summed E-state index contributed by atoms with van der Waals surface area (Å²) in [5.74, 6) is 0.720. The Morgan fingerprint density at radius 2 is 1.95 bits per heavy atom. The predicted octanol–water partition coefficient (Wildman–Crippen LogP) is 2.23. The van der Waals surface area contributed by atoms with Crippen LogP contribution in [0.2, 0.25) is 0 Å². The lowest BCUT2D eigenvalue weighted by Crippen LogP contribution is -2.34. The largest absolute Gasteiger partial charge is 0.383 e. The second-order valence-corrected chi connectivity index (χ2v) is 5.75. The number of aromatic nitrogens is 1. The van der Waals surface area contributed by atoms with Crippen LogP contribution in [0.4, 0.5) is 11.5 Å². The molecular weight excluding hydrogens is 272 g/mol. The van der Waals surface area contributed by atoms with E-state index in [2.05, 4.69) is 38.0 Å². The van der Waals surface area contributed by atoms with E-state index >= 15 is 0 Å². The van der Waals surface area contributed by atoms with E-state index in [1.165, 1.54) is 0 Å². The van der Waals surface area contributed by atoms with Crippen molar-refractivity contribution >= 4 is 17.4 Å². The normalized spacial score (nSPS) is 11.2.